The van der Waals surface area contributed by atoms with Crippen LogP contribution in [0.3, 0.4) is 0 Å². The normalized spacial score (nSPS) is 17.8. The van der Waals surface area contributed by atoms with Crippen LogP contribution in [0.1, 0.15) is 44.7 Å². The Morgan fingerprint density at radius 3 is 2.55 bits per heavy atom. The number of carbonyl (C=O) groups is 2. The van der Waals surface area contributed by atoms with Crippen molar-refractivity contribution in [2.75, 3.05) is 30.3 Å². The first-order valence-electron chi connectivity index (χ1n) is 14.5. The molecule has 2 aliphatic rings. The molecule has 1 spiro atoms. The molecule has 4 heterocycles. The number of fused-ring (bicyclic) bond motifs is 3. The number of nitrogens with one attached hydrogen (secondary N) is 3. The number of hydrogen-bond acceptors (Lipinski definition) is 7. The van der Waals surface area contributed by atoms with Gasteiger partial charge in [-0.2, -0.15) is 4.98 Å². The van der Waals surface area contributed by atoms with Gasteiger partial charge in [0, 0.05) is 53.9 Å². The van der Waals surface area contributed by atoms with Gasteiger partial charge in [0.1, 0.15) is 0 Å². The monoisotopic (exact) mass is 569 g/mol. The average Bonchev–Trinajstić information content (AvgIpc) is 3.67. The average molecular weight is 570 g/mol. The lowest BCUT2D eigenvalue weighted by Gasteiger charge is -2.41. The minimum Gasteiger partial charge on any atom is -0.368 e. The van der Waals surface area contributed by atoms with Crippen LogP contribution in [0.4, 0.5) is 17.6 Å². The number of rotatable bonds is 7. The smallest absolute Gasteiger partial charge is 0.250 e. The van der Waals surface area contributed by atoms with Gasteiger partial charge in [0.25, 0.3) is 5.95 Å². The van der Waals surface area contributed by atoms with E-state index in [9.17, 15) is 9.59 Å². The van der Waals surface area contributed by atoms with E-state index in [0.717, 1.165) is 41.5 Å². The number of hydrogen-bond donors (Lipinski definition) is 5. The van der Waals surface area contributed by atoms with Crippen LogP contribution in [0.2, 0.25) is 0 Å². The standard InChI is InChI=1S/C31H39N9O2/c1-19(35-27(42)30(2,3)33)22(16-20-17-34-24-10-6-4-8-21(20)24)26(41)39-14-12-31(13-15-39)18-40(29-36-28(32)37-38-29)25-11-7-5-9-23(25)31/h4-11,17,19,22,34H,12-16,18,33H2,1-3H3,(H,35,42)(H3,32,36,37,38)/t19-,22?/m1/s1. The minimum absolute atomic E-state index is 0.0441. The Balaban J connectivity index is 1.23. The van der Waals surface area contributed by atoms with Gasteiger partial charge in [0.2, 0.25) is 17.8 Å². The van der Waals surface area contributed by atoms with Gasteiger partial charge in [0.05, 0.1) is 11.5 Å². The van der Waals surface area contributed by atoms with Crippen LogP contribution in [0.15, 0.2) is 54.7 Å². The zero-order chi connectivity index (χ0) is 29.6. The molecule has 220 valence electrons. The molecular formula is C31H39N9O2. The zero-order valence-electron chi connectivity index (χ0n) is 24.4. The van der Waals surface area contributed by atoms with Crippen molar-refractivity contribution in [2.45, 2.75) is 57.0 Å². The summed E-state index contributed by atoms with van der Waals surface area (Å²) in [6, 6.07) is 16.0. The molecule has 11 nitrogen and oxygen atoms in total. The highest BCUT2D eigenvalue weighted by atomic mass is 16.2. The topological polar surface area (TPSA) is 162 Å². The van der Waals surface area contributed by atoms with E-state index in [-0.39, 0.29) is 23.2 Å². The first-order chi connectivity index (χ1) is 20.1. The van der Waals surface area contributed by atoms with Gasteiger partial charge in [0.15, 0.2) is 0 Å². The number of aromatic amines is 2. The molecule has 6 rings (SSSR count). The van der Waals surface area contributed by atoms with Crippen molar-refractivity contribution in [2.24, 2.45) is 11.7 Å². The maximum atomic E-state index is 14.3. The second kappa shape index (κ2) is 10.5. The van der Waals surface area contributed by atoms with Gasteiger partial charge >= 0.3 is 0 Å². The van der Waals surface area contributed by atoms with Crippen LogP contribution >= 0.6 is 0 Å². The highest BCUT2D eigenvalue weighted by Gasteiger charge is 2.47. The lowest BCUT2D eigenvalue weighted by molar-refractivity contribution is -0.138. The molecule has 0 radical (unpaired) electrons. The van der Waals surface area contributed by atoms with E-state index in [1.807, 2.05) is 42.3 Å². The summed E-state index contributed by atoms with van der Waals surface area (Å²) >= 11 is 0. The maximum Gasteiger partial charge on any atom is 0.250 e. The summed E-state index contributed by atoms with van der Waals surface area (Å²) in [5.41, 5.74) is 15.2. The first-order valence-corrected chi connectivity index (χ1v) is 14.5. The van der Waals surface area contributed by atoms with Crippen LogP contribution in [0.5, 0.6) is 0 Å². The lowest BCUT2D eigenvalue weighted by Crippen LogP contribution is -2.56. The Morgan fingerprint density at radius 1 is 1.12 bits per heavy atom. The molecular weight excluding hydrogens is 530 g/mol. The van der Waals surface area contributed by atoms with Crippen molar-refractivity contribution in [1.82, 2.24) is 30.4 Å². The molecule has 11 heteroatoms. The summed E-state index contributed by atoms with van der Waals surface area (Å²) in [7, 11) is 0. The van der Waals surface area contributed by atoms with E-state index in [0.29, 0.717) is 25.5 Å². The third-order valence-electron chi connectivity index (χ3n) is 8.97. The number of para-hydroxylation sites is 2. The second-order valence-corrected chi connectivity index (χ2v) is 12.4. The van der Waals surface area contributed by atoms with Crippen molar-refractivity contribution >= 4 is 40.3 Å². The first kappa shape index (κ1) is 27.8. The van der Waals surface area contributed by atoms with Crippen molar-refractivity contribution in [3.8, 4) is 0 Å². The minimum atomic E-state index is -1.05. The Hall–Kier alpha value is -4.38. The van der Waals surface area contributed by atoms with E-state index >= 15 is 0 Å². The molecule has 42 heavy (non-hydrogen) atoms. The Morgan fingerprint density at radius 2 is 1.83 bits per heavy atom. The van der Waals surface area contributed by atoms with E-state index in [4.69, 9.17) is 11.5 Å². The highest BCUT2D eigenvalue weighted by molar-refractivity contribution is 5.88. The van der Waals surface area contributed by atoms with Gasteiger partial charge in [-0.05, 0) is 63.3 Å². The number of carbonyl (C=O) groups excluding carboxylic acids is 2. The summed E-state index contributed by atoms with van der Waals surface area (Å²) in [6.45, 7) is 7.20. The van der Waals surface area contributed by atoms with Crippen molar-refractivity contribution in [3.63, 3.8) is 0 Å². The molecule has 0 aliphatic carbocycles. The molecule has 0 bridgehead atoms. The third kappa shape index (κ3) is 4.98. The number of likely N-dealkylation sites (tertiary alicyclic amines) is 1. The second-order valence-electron chi connectivity index (χ2n) is 12.4. The van der Waals surface area contributed by atoms with Gasteiger partial charge in [-0.3, -0.25) is 9.59 Å². The SMILES string of the molecule is C[C@@H](NC(=O)C(C)(C)N)C(Cc1c[nH]c2ccccc12)C(=O)N1CCC2(CC1)CN(c1n[nH]c(N)n1)c1ccccc12. The van der Waals surface area contributed by atoms with Crippen LogP contribution in [0.25, 0.3) is 10.9 Å². The van der Waals surface area contributed by atoms with Crippen molar-refractivity contribution in [3.05, 3.63) is 65.9 Å². The molecule has 2 amide bonds. The van der Waals surface area contributed by atoms with Crippen molar-refractivity contribution in [1.29, 1.82) is 0 Å². The number of nitrogen functional groups attached to an aromatic ring is 1. The molecule has 4 aromatic rings. The predicted molar refractivity (Wildman–Crippen MR) is 163 cm³/mol. The molecule has 1 unspecified atom stereocenters. The molecule has 2 atom stereocenters. The Labute approximate surface area is 245 Å². The van der Waals surface area contributed by atoms with Gasteiger partial charge < -0.3 is 31.6 Å². The summed E-state index contributed by atoms with van der Waals surface area (Å²) in [6.07, 6.45) is 4.09. The van der Waals surface area contributed by atoms with E-state index < -0.39 is 17.5 Å². The molecule has 1 saturated heterocycles. The van der Waals surface area contributed by atoms with Gasteiger partial charge in [-0.25, -0.2) is 5.10 Å². The van der Waals surface area contributed by atoms with Gasteiger partial charge in [-0.15, -0.1) is 5.10 Å². The van der Waals surface area contributed by atoms with Crippen molar-refractivity contribution < 1.29 is 9.59 Å². The summed E-state index contributed by atoms with van der Waals surface area (Å²) < 4.78 is 0. The van der Waals surface area contributed by atoms with E-state index in [1.165, 1.54) is 5.56 Å². The van der Waals surface area contributed by atoms with Gasteiger partial charge in [-0.1, -0.05) is 36.4 Å². The number of nitrogens with zero attached hydrogens (tertiary/aromatic N) is 4. The molecule has 7 N–H and O–H groups in total. The zero-order valence-corrected chi connectivity index (χ0v) is 24.4. The summed E-state index contributed by atoms with van der Waals surface area (Å²) in [5.74, 6) is 0.154. The molecule has 2 aromatic heterocycles. The molecule has 2 aromatic carbocycles. The fourth-order valence-corrected chi connectivity index (χ4v) is 6.52. The Kier molecular flexibility index (Phi) is 6.92. The highest BCUT2D eigenvalue weighted by Crippen LogP contribution is 2.49. The van der Waals surface area contributed by atoms with Crippen LogP contribution in [-0.2, 0) is 21.4 Å². The number of nitrogens with two attached hydrogens (primary N) is 2. The predicted octanol–water partition coefficient (Wildman–Crippen LogP) is 2.98. The van der Waals surface area contributed by atoms with Crippen LogP contribution in [0, 0.1) is 5.92 Å². The van der Waals surface area contributed by atoms with Crippen LogP contribution < -0.4 is 21.7 Å². The van der Waals surface area contributed by atoms with Crippen LogP contribution in [-0.4, -0.2) is 68.1 Å². The number of aromatic nitrogens is 4. The number of piperidine rings is 1. The molecule has 0 saturated carbocycles. The number of H-pyrrole nitrogens is 2. The summed E-state index contributed by atoms with van der Waals surface area (Å²) in [5, 5.41) is 11.2. The molecule has 1 fully saturated rings. The Bertz CT molecular complexity index is 1610. The maximum absolute atomic E-state index is 14.3. The third-order valence-corrected chi connectivity index (χ3v) is 8.97. The summed E-state index contributed by atoms with van der Waals surface area (Å²) in [4.78, 5) is 38.9. The van der Waals surface area contributed by atoms with E-state index in [1.54, 1.807) is 13.8 Å². The van der Waals surface area contributed by atoms with E-state index in [2.05, 4.69) is 54.6 Å². The number of amides is 2. The quantitative estimate of drug-likeness (QED) is 0.228. The fourth-order valence-electron chi connectivity index (χ4n) is 6.52. The number of anilines is 3. The molecule has 2 aliphatic heterocycles. The lowest BCUT2D eigenvalue weighted by atomic mass is 9.74. The largest absolute Gasteiger partial charge is 0.368 e. The number of benzene rings is 2. The fraction of sp³-hybridized carbons (Fsp3) is 0.419.